The average Bonchev–Trinajstić information content (AvgIpc) is 2.59. The quantitative estimate of drug-likeness (QED) is 0.521. The number of hydrogen-bond acceptors (Lipinski definition) is 7. The highest BCUT2D eigenvalue weighted by Gasteiger charge is 2.14. The fourth-order valence-corrected chi connectivity index (χ4v) is 1.32. The van der Waals surface area contributed by atoms with Crippen LogP contribution in [0.2, 0.25) is 0 Å². The Morgan fingerprint density at radius 1 is 1.60 bits per heavy atom. The van der Waals surface area contributed by atoms with Crippen LogP contribution in [0.15, 0.2) is 11.2 Å². The molecular weight excluding hydrogens is 220 g/mol. The third-order valence-electron chi connectivity index (χ3n) is 1.74. The highest BCUT2D eigenvalue weighted by atomic mass is 32.1. The monoisotopic (exact) mass is 226 g/mol. The van der Waals surface area contributed by atoms with Crippen LogP contribution in [0.1, 0.15) is 10.5 Å². The second kappa shape index (κ2) is 3.39. The first-order valence-corrected chi connectivity index (χ1v) is 4.30. The van der Waals surface area contributed by atoms with E-state index >= 15 is 0 Å². The molecule has 8 heteroatoms. The van der Waals surface area contributed by atoms with E-state index in [1.54, 1.807) is 0 Å². The number of methoxy groups -OCH3 is 1. The Bertz CT molecular complexity index is 538. The average molecular weight is 226 g/mol. The lowest BCUT2D eigenvalue weighted by Crippen LogP contribution is -2.06. The van der Waals surface area contributed by atoms with Gasteiger partial charge in [-0.05, 0) is 0 Å². The maximum absolute atomic E-state index is 11.1. The van der Waals surface area contributed by atoms with Crippen molar-refractivity contribution in [3.63, 3.8) is 0 Å². The molecular formula is C7H6N4O3S. The van der Waals surface area contributed by atoms with Crippen LogP contribution in [0.4, 0.5) is 0 Å². The van der Waals surface area contributed by atoms with Crippen LogP contribution in [0.5, 0.6) is 5.88 Å². The Morgan fingerprint density at radius 2 is 2.33 bits per heavy atom. The van der Waals surface area contributed by atoms with Crippen molar-refractivity contribution < 1.29 is 14.6 Å². The molecule has 0 radical (unpaired) electrons. The third-order valence-corrected chi connectivity index (χ3v) is 2.03. The van der Waals surface area contributed by atoms with E-state index in [0.717, 1.165) is 6.07 Å². The molecule has 78 valence electrons. The van der Waals surface area contributed by atoms with Crippen LogP contribution in [0.3, 0.4) is 0 Å². The molecule has 0 aromatic carbocycles. The predicted molar refractivity (Wildman–Crippen MR) is 51.0 cm³/mol. The van der Waals surface area contributed by atoms with Crippen molar-refractivity contribution >= 4 is 24.4 Å². The molecule has 0 saturated heterocycles. The minimum atomic E-state index is -0.656. The molecule has 2 heterocycles. The number of aromatic nitrogens is 4. The fraction of sp³-hybridized carbons (Fsp3) is 0.143. The standard InChI is InChI=1S/C7H6N4O3S/c1-14-5(13)3-2-4(12)11-6(8-3)9-10-7(11)15/h2,12H,1H3,(H,10,15). The molecule has 0 saturated carbocycles. The number of thiol groups is 1. The number of esters is 1. The van der Waals surface area contributed by atoms with Gasteiger partial charge >= 0.3 is 5.97 Å². The van der Waals surface area contributed by atoms with Gasteiger partial charge in [0.05, 0.1) is 7.11 Å². The summed E-state index contributed by atoms with van der Waals surface area (Å²) in [7, 11) is 1.22. The Balaban J connectivity index is 2.68. The first-order chi connectivity index (χ1) is 7.13. The molecule has 7 nitrogen and oxygen atoms in total. The molecule has 2 aromatic rings. The van der Waals surface area contributed by atoms with Gasteiger partial charge in [-0.2, -0.15) is 0 Å². The molecule has 0 aliphatic rings. The molecule has 0 aliphatic carbocycles. The summed E-state index contributed by atoms with van der Waals surface area (Å²) in [6.07, 6.45) is 0. The highest BCUT2D eigenvalue weighted by molar-refractivity contribution is 7.80. The Labute approximate surface area is 89.1 Å². The molecule has 0 atom stereocenters. The minimum absolute atomic E-state index is 0.0387. The second-order valence-electron chi connectivity index (χ2n) is 2.63. The number of ether oxygens (including phenoxy) is 1. The van der Waals surface area contributed by atoms with E-state index in [2.05, 4.69) is 32.5 Å². The van der Waals surface area contributed by atoms with Crippen LogP contribution in [0, 0.1) is 0 Å². The smallest absolute Gasteiger partial charge is 0.357 e. The first-order valence-electron chi connectivity index (χ1n) is 3.86. The van der Waals surface area contributed by atoms with Crippen LogP contribution >= 0.6 is 12.6 Å². The maximum Gasteiger partial charge on any atom is 0.357 e. The highest BCUT2D eigenvalue weighted by Crippen LogP contribution is 2.16. The number of fused-ring (bicyclic) bond motifs is 1. The van der Waals surface area contributed by atoms with Crippen LogP contribution in [-0.2, 0) is 4.74 Å². The molecule has 0 bridgehead atoms. The van der Waals surface area contributed by atoms with Crippen molar-refractivity contribution in [2.45, 2.75) is 5.16 Å². The van der Waals surface area contributed by atoms with Gasteiger partial charge < -0.3 is 9.84 Å². The van der Waals surface area contributed by atoms with Crippen LogP contribution in [0.25, 0.3) is 5.78 Å². The summed E-state index contributed by atoms with van der Waals surface area (Å²) < 4.78 is 5.65. The lowest BCUT2D eigenvalue weighted by Gasteiger charge is -2.01. The number of rotatable bonds is 1. The molecule has 0 unspecified atom stereocenters. The van der Waals surface area contributed by atoms with Gasteiger partial charge in [-0.15, -0.1) is 22.8 Å². The van der Waals surface area contributed by atoms with E-state index in [-0.39, 0.29) is 22.5 Å². The molecule has 2 rings (SSSR count). The summed E-state index contributed by atoms with van der Waals surface area (Å²) in [4.78, 5) is 15.0. The molecule has 15 heavy (non-hydrogen) atoms. The Morgan fingerprint density at radius 3 is 3.00 bits per heavy atom. The number of carbonyl (C=O) groups excluding carboxylic acids is 1. The van der Waals surface area contributed by atoms with Crippen molar-refractivity contribution in [2.24, 2.45) is 0 Å². The van der Waals surface area contributed by atoms with Gasteiger partial charge in [-0.3, -0.25) is 0 Å². The van der Waals surface area contributed by atoms with Gasteiger partial charge in [-0.1, -0.05) is 0 Å². The zero-order chi connectivity index (χ0) is 11.0. The van der Waals surface area contributed by atoms with E-state index in [1.165, 1.54) is 11.5 Å². The van der Waals surface area contributed by atoms with Crippen molar-refractivity contribution in [3.05, 3.63) is 11.8 Å². The number of hydrogen-bond donors (Lipinski definition) is 2. The number of carbonyl (C=O) groups is 1. The lowest BCUT2D eigenvalue weighted by atomic mass is 10.4. The van der Waals surface area contributed by atoms with E-state index < -0.39 is 5.97 Å². The van der Waals surface area contributed by atoms with E-state index in [9.17, 15) is 9.90 Å². The van der Waals surface area contributed by atoms with Crippen molar-refractivity contribution in [2.75, 3.05) is 7.11 Å². The number of nitrogens with zero attached hydrogens (tertiary/aromatic N) is 4. The van der Waals surface area contributed by atoms with Crippen LogP contribution in [-0.4, -0.2) is 37.8 Å². The second-order valence-corrected chi connectivity index (χ2v) is 3.03. The largest absolute Gasteiger partial charge is 0.494 e. The Kier molecular flexibility index (Phi) is 2.19. The summed E-state index contributed by atoms with van der Waals surface area (Å²) in [5.74, 6) is -0.799. The summed E-state index contributed by atoms with van der Waals surface area (Å²) in [6.45, 7) is 0. The Hall–Kier alpha value is -1.83. The van der Waals surface area contributed by atoms with E-state index in [0.29, 0.717) is 0 Å². The fourth-order valence-electron chi connectivity index (χ4n) is 1.08. The molecule has 0 fully saturated rings. The summed E-state index contributed by atoms with van der Waals surface area (Å²) in [6, 6.07) is 1.15. The molecule has 0 aliphatic heterocycles. The SMILES string of the molecule is COC(=O)c1cc(O)n2c(S)nnc2n1. The summed E-state index contributed by atoms with van der Waals surface area (Å²) in [5, 5.41) is 16.9. The topological polar surface area (TPSA) is 89.6 Å². The number of aromatic hydroxyl groups is 1. The maximum atomic E-state index is 11.1. The summed E-state index contributed by atoms with van der Waals surface area (Å²) >= 11 is 3.95. The van der Waals surface area contributed by atoms with Gasteiger partial charge in [0.15, 0.2) is 10.9 Å². The van der Waals surface area contributed by atoms with Gasteiger partial charge in [0.25, 0.3) is 5.78 Å². The zero-order valence-corrected chi connectivity index (χ0v) is 8.47. The molecule has 0 spiro atoms. The van der Waals surface area contributed by atoms with Gasteiger partial charge in [0.1, 0.15) is 0 Å². The van der Waals surface area contributed by atoms with Gasteiger partial charge in [-0.25, -0.2) is 14.2 Å². The third kappa shape index (κ3) is 1.48. The van der Waals surface area contributed by atoms with Gasteiger partial charge in [0, 0.05) is 6.07 Å². The summed E-state index contributed by atoms with van der Waals surface area (Å²) in [5.41, 5.74) is -0.0387. The van der Waals surface area contributed by atoms with Crippen molar-refractivity contribution in [1.29, 1.82) is 0 Å². The van der Waals surface area contributed by atoms with Crippen molar-refractivity contribution in [1.82, 2.24) is 19.6 Å². The normalized spacial score (nSPS) is 10.5. The zero-order valence-electron chi connectivity index (χ0n) is 7.58. The molecule has 0 amide bonds. The van der Waals surface area contributed by atoms with Crippen LogP contribution < -0.4 is 0 Å². The van der Waals surface area contributed by atoms with E-state index in [1.807, 2.05) is 0 Å². The first kappa shape index (κ1) is 9.71. The predicted octanol–water partition coefficient (Wildman–Crippen LogP) is -0.0948. The lowest BCUT2D eigenvalue weighted by molar-refractivity contribution is 0.0593. The molecule has 1 N–H and O–H groups in total. The van der Waals surface area contributed by atoms with Crippen molar-refractivity contribution in [3.8, 4) is 5.88 Å². The minimum Gasteiger partial charge on any atom is -0.494 e. The van der Waals surface area contributed by atoms with E-state index in [4.69, 9.17) is 0 Å². The van der Waals surface area contributed by atoms with Gasteiger partial charge in [0.2, 0.25) is 5.88 Å². The molecule has 2 aromatic heterocycles.